The monoisotopic (exact) mass is 329 g/mol. The van der Waals surface area contributed by atoms with Crippen LogP contribution in [-0.2, 0) is 16.0 Å². The Hall–Kier alpha value is -2.69. The highest BCUT2D eigenvalue weighted by atomic mass is 19.1. The summed E-state index contributed by atoms with van der Waals surface area (Å²) in [4.78, 5) is 24.0. The number of hydrogen-bond donors (Lipinski definition) is 1. The SMILES string of the molecule is COC(=O)[C@@H](CCCc1ccccc1)NC(=O)c1ccccc1F. The predicted molar refractivity (Wildman–Crippen MR) is 89.1 cm³/mol. The lowest BCUT2D eigenvalue weighted by atomic mass is 10.0. The van der Waals surface area contributed by atoms with Crippen LogP contribution in [0.15, 0.2) is 54.6 Å². The van der Waals surface area contributed by atoms with E-state index in [1.54, 1.807) is 6.07 Å². The number of benzene rings is 2. The molecular weight excluding hydrogens is 309 g/mol. The number of aryl methyl sites for hydroxylation is 1. The van der Waals surface area contributed by atoms with Gasteiger partial charge in [0.1, 0.15) is 11.9 Å². The smallest absolute Gasteiger partial charge is 0.328 e. The first kappa shape index (κ1) is 17.7. The van der Waals surface area contributed by atoms with Gasteiger partial charge in [0.15, 0.2) is 0 Å². The lowest BCUT2D eigenvalue weighted by Crippen LogP contribution is -2.41. The third kappa shape index (κ3) is 4.91. The molecule has 0 bridgehead atoms. The van der Waals surface area contributed by atoms with Gasteiger partial charge in [0.2, 0.25) is 0 Å². The summed E-state index contributed by atoms with van der Waals surface area (Å²) in [5, 5.41) is 2.56. The number of carbonyl (C=O) groups is 2. The fourth-order valence-corrected chi connectivity index (χ4v) is 2.43. The summed E-state index contributed by atoms with van der Waals surface area (Å²) in [6.07, 6.45) is 1.90. The van der Waals surface area contributed by atoms with Gasteiger partial charge in [-0.05, 0) is 37.0 Å². The number of methoxy groups -OCH3 is 1. The molecule has 126 valence electrons. The highest BCUT2D eigenvalue weighted by Crippen LogP contribution is 2.10. The molecule has 2 aromatic carbocycles. The maximum Gasteiger partial charge on any atom is 0.328 e. The fourth-order valence-electron chi connectivity index (χ4n) is 2.43. The minimum atomic E-state index is -0.800. The van der Waals surface area contributed by atoms with Gasteiger partial charge in [-0.15, -0.1) is 0 Å². The van der Waals surface area contributed by atoms with Gasteiger partial charge in [-0.1, -0.05) is 42.5 Å². The Morgan fingerprint density at radius 1 is 1.08 bits per heavy atom. The Labute approximate surface area is 140 Å². The normalized spacial score (nSPS) is 11.6. The molecule has 1 amide bonds. The van der Waals surface area contributed by atoms with Crippen LogP contribution in [0.1, 0.15) is 28.8 Å². The van der Waals surface area contributed by atoms with Gasteiger partial charge in [0.05, 0.1) is 12.7 Å². The summed E-state index contributed by atoms with van der Waals surface area (Å²) >= 11 is 0. The van der Waals surface area contributed by atoms with E-state index in [0.29, 0.717) is 12.8 Å². The highest BCUT2D eigenvalue weighted by molar-refractivity contribution is 5.96. The van der Waals surface area contributed by atoms with E-state index in [9.17, 15) is 14.0 Å². The number of amides is 1. The molecule has 0 aliphatic carbocycles. The quantitative estimate of drug-likeness (QED) is 0.794. The van der Waals surface area contributed by atoms with E-state index in [2.05, 4.69) is 5.32 Å². The van der Waals surface area contributed by atoms with E-state index >= 15 is 0 Å². The molecular formula is C19H20FNO3. The number of esters is 1. The lowest BCUT2D eigenvalue weighted by Gasteiger charge is -2.16. The Bertz CT molecular complexity index is 688. The van der Waals surface area contributed by atoms with Crippen molar-refractivity contribution in [2.45, 2.75) is 25.3 Å². The highest BCUT2D eigenvalue weighted by Gasteiger charge is 2.23. The van der Waals surface area contributed by atoms with Crippen molar-refractivity contribution in [1.29, 1.82) is 0 Å². The summed E-state index contributed by atoms with van der Waals surface area (Å²) in [7, 11) is 1.27. The molecule has 0 aliphatic rings. The zero-order valence-corrected chi connectivity index (χ0v) is 13.5. The molecule has 2 aromatic rings. The second-order valence-electron chi connectivity index (χ2n) is 5.41. The first-order valence-electron chi connectivity index (χ1n) is 7.79. The van der Waals surface area contributed by atoms with E-state index in [1.165, 1.54) is 25.3 Å². The zero-order valence-electron chi connectivity index (χ0n) is 13.5. The molecule has 0 heterocycles. The third-order valence-corrected chi connectivity index (χ3v) is 3.71. The summed E-state index contributed by atoms with van der Waals surface area (Å²) < 4.78 is 18.4. The van der Waals surface area contributed by atoms with Crippen LogP contribution in [-0.4, -0.2) is 25.0 Å². The number of carbonyl (C=O) groups excluding carboxylic acids is 2. The molecule has 0 radical (unpaired) electrons. The van der Waals surface area contributed by atoms with Crippen molar-refractivity contribution in [2.75, 3.05) is 7.11 Å². The van der Waals surface area contributed by atoms with Gasteiger partial charge in [-0.25, -0.2) is 9.18 Å². The first-order chi connectivity index (χ1) is 11.6. The lowest BCUT2D eigenvalue weighted by molar-refractivity contribution is -0.143. The molecule has 0 saturated heterocycles. The summed E-state index contributed by atoms with van der Waals surface area (Å²) in [6.45, 7) is 0. The van der Waals surface area contributed by atoms with Gasteiger partial charge in [0.25, 0.3) is 5.91 Å². The molecule has 0 fully saturated rings. The maximum absolute atomic E-state index is 13.7. The van der Waals surface area contributed by atoms with Gasteiger partial charge >= 0.3 is 5.97 Å². The van der Waals surface area contributed by atoms with Crippen LogP contribution in [0, 0.1) is 5.82 Å². The summed E-state index contributed by atoms with van der Waals surface area (Å²) in [5.74, 6) is -1.78. The van der Waals surface area contributed by atoms with E-state index in [0.717, 1.165) is 12.0 Å². The average molecular weight is 329 g/mol. The first-order valence-corrected chi connectivity index (χ1v) is 7.79. The van der Waals surface area contributed by atoms with Gasteiger partial charge < -0.3 is 10.1 Å². The Morgan fingerprint density at radius 2 is 1.75 bits per heavy atom. The molecule has 4 nitrogen and oxygen atoms in total. The predicted octanol–water partition coefficient (Wildman–Crippen LogP) is 3.12. The molecule has 0 aromatic heterocycles. The fraction of sp³-hybridized carbons (Fsp3) is 0.263. The van der Waals surface area contributed by atoms with Crippen molar-refractivity contribution >= 4 is 11.9 Å². The van der Waals surface area contributed by atoms with Crippen LogP contribution in [0.2, 0.25) is 0 Å². The molecule has 1 atom stereocenters. The Morgan fingerprint density at radius 3 is 2.42 bits per heavy atom. The van der Waals surface area contributed by atoms with E-state index in [4.69, 9.17) is 4.74 Å². The average Bonchev–Trinajstić information content (AvgIpc) is 2.61. The van der Waals surface area contributed by atoms with Crippen molar-refractivity contribution in [3.63, 3.8) is 0 Å². The second kappa shape index (κ2) is 8.82. The van der Waals surface area contributed by atoms with Crippen LogP contribution < -0.4 is 5.32 Å². The molecule has 24 heavy (non-hydrogen) atoms. The second-order valence-corrected chi connectivity index (χ2v) is 5.41. The summed E-state index contributed by atoms with van der Waals surface area (Å²) in [5.41, 5.74) is 1.07. The molecule has 0 spiro atoms. The number of hydrogen-bond acceptors (Lipinski definition) is 3. The largest absolute Gasteiger partial charge is 0.467 e. The van der Waals surface area contributed by atoms with Gasteiger partial charge in [-0.3, -0.25) is 4.79 Å². The van der Waals surface area contributed by atoms with E-state index in [-0.39, 0.29) is 5.56 Å². The van der Waals surface area contributed by atoms with E-state index in [1.807, 2.05) is 30.3 Å². The standard InChI is InChI=1S/C19H20FNO3/c1-24-19(23)17(13-7-10-14-8-3-2-4-9-14)21-18(22)15-11-5-6-12-16(15)20/h2-6,8-9,11-12,17H,7,10,13H2,1H3,(H,21,22)/t17-/m1/s1. The maximum atomic E-state index is 13.7. The van der Waals surface area contributed by atoms with Gasteiger partial charge in [0, 0.05) is 0 Å². The van der Waals surface area contributed by atoms with Crippen molar-refractivity contribution < 1.29 is 18.7 Å². The minimum absolute atomic E-state index is 0.0885. The number of nitrogens with one attached hydrogen (secondary N) is 1. The van der Waals surface area contributed by atoms with Crippen LogP contribution in [0.5, 0.6) is 0 Å². The Kier molecular flexibility index (Phi) is 6.49. The molecule has 2 rings (SSSR count). The summed E-state index contributed by atoms with van der Waals surface area (Å²) in [6, 6.07) is 14.7. The van der Waals surface area contributed by atoms with Crippen LogP contribution in [0.25, 0.3) is 0 Å². The topological polar surface area (TPSA) is 55.4 Å². The van der Waals surface area contributed by atoms with Crippen LogP contribution >= 0.6 is 0 Å². The molecule has 5 heteroatoms. The number of halogens is 1. The van der Waals surface area contributed by atoms with Gasteiger partial charge in [-0.2, -0.15) is 0 Å². The molecule has 0 saturated carbocycles. The number of rotatable bonds is 7. The van der Waals surface area contributed by atoms with Crippen molar-refractivity contribution in [1.82, 2.24) is 5.32 Å². The zero-order chi connectivity index (χ0) is 17.4. The molecule has 0 aliphatic heterocycles. The molecule has 0 unspecified atom stereocenters. The molecule has 1 N–H and O–H groups in total. The van der Waals surface area contributed by atoms with Crippen molar-refractivity contribution in [3.8, 4) is 0 Å². The van der Waals surface area contributed by atoms with Crippen molar-refractivity contribution in [3.05, 3.63) is 71.5 Å². The third-order valence-electron chi connectivity index (χ3n) is 3.71. The van der Waals surface area contributed by atoms with E-state index < -0.39 is 23.7 Å². The number of ether oxygens (including phenoxy) is 1. The minimum Gasteiger partial charge on any atom is -0.467 e. The Balaban J connectivity index is 1.97. The van der Waals surface area contributed by atoms with Crippen molar-refractivity contribution in [2.24, 2.45) is 0 Å². The van der Waals surface area contributed by atoms with Crippen LogP contribution in [0.4, 0.5) is 4.39 Å². The van der Waals surface area contributed by atoms with Crippen LogP contribution in [0.3, 0.4) is 0 Å².